The molecule has 82 valence electrons. The van der Waals surface area contributed by atoms with Crippen LogP contribution in [0.1, 0.15) is 0 Å². The van der Waals surface area contributed by atoms with E-state index >= 15 is 0 Å². The Balaban J connectivity index is 2.05. The minimum Gasteiger partial charge on any atom is -0.457 e. The highest BCUT2D eigenvalue weighted by Gasteiger charge is 1.96. The first-order valence-corrected chi connectivity index (χ1v) is 5.55. The number of anilines is 1. The number of alkyl halides is 1. The molecule has 2 aromatic rings. The Labute approximate surface area is 99.8 Å². The van der Waals surface area contributed by atoms with Gasteiger partial charge in [-0.25, -0.2) is 0 Å². The van der Waals surface area contributed by atoms with Crippen molar-refractivity contribution < 1.29 is 4.74 Å². The molecule has 0 aliphatic heterocycles. The summed E-state index contributed by atoms with van der Waals surface area (Å²) in [6.07, 6.45) is 0. The van der Waals surface area contributed by atoms with Crippen molar-refractivity contribution in [3.63, 3.8) is 0 Å². The largest absolute Gasteiger partial charge is 0.457 e. The molecule has 0 amide bonds. The quantitative estimate of drug-likeness (QED) is 0.635. The number of rotatable bonds is 4. The van der Waals surface area contributed by atoms with Crippen LogP contribution in [-0.4, -0.2) is 6.00 Å². The second-order valence-corrected chi connectivity index (χ2v) is 3.52. The first kappa shape index (κ1) is 10.8. The molecular formula is C13H12ClNO. The standard InChI is InChI=1S/C13H12ClNO/c14-10-15-11-6-8-13(9-7-11)16-12-4-2-1-3-5-12/h1-9,15H,10H2. The summed E-state index contributed by atoms with van der Waals surface area (Å²) in [5, 5.41) is 3.01. The summed E-state index contributed by atoms with van der Waals surface area (Å²) in [7, 11) is 0. The molecule has 16 heavy (non-hydrogen) atoms. The normalized spacial score (nSPS) is 9.81. The lowest BCUT2D eigenvalue weighted by atomic mass is 10.3. The number of ether oxygens (including phenoxy) is 1. The van der Waals surface area contributed by atoms with Crippen LogP contribution in [0, 0.1) is 0 Å². The first-order chi connectivity index (χ1) is 7.88. The Bertz CT molecular complexity index is 427. The van der Waals surface area contributed by atoms with Crippen molar-refractivity contribution in [2.45, 2.75) is 0 Å². The lowest BCUT2D eigenvalue weighted by molar-refractivity contribution is 0.483. The van der Waals surface area contributed by atoms with Gasteiger partial charge in [0.15, 0.2) is 0 Å². The van der Waals surface area contributed by atoms with E-state index in [0.717, 1.165) is 17.2 Å². The number of halogens is 1. The third-order valence-corrected chi connectivity index (χ3v) is 2.24. The maximum atomic E-state index is 5.65. The SMILES string of the molecule is ClCNc1ccc(Oc2ccccc2)cc1. The van der Waals surface area contributed by atoms with Gasteiger partial charge in [-0.15, -0.1) is 11.6 Å². The molecule has 2 nitrogen and oxygen atoms in total. The molecular weight excluding hydrogens is 222 g/mol. The van der Waals surface area contributed by atoms with Crippen molar-refractivity contribution in [3.8, 4) is 11.5 Å². The molecule has 3 heteroatoms. The Morgan fingerprint density at radius 2 is 1.50 bits per heavy atom. The summed E-state index contributed by atoms with van der Waals surface area (Å²) < 4.78 is 5.65. The number of benzene rings is 2. The van der Waals surface area contributed by atoms with Crippen LogP contribution in [-0.2, 0) is 0 Å². The highest BCUT2D eigenvalue weighted by atomic mass is 35.5. The van der Waals surface area contributed by atoms with Gasteiger partial charge >= 0.3 is 0 Å². The molecule has 0 aliphatic rings. The zero-order valence-corrected chi connectivity index (χ0v) is 9.45. The van der Waals surface area contributed by atoms with Crippen molar-refractivity contribution in [2.24, 2.45) is 0 Å². The molecule has 2 aromatic carbocycles. The highest BCUT2D eigenvalue weighted by Crippen LogP contribution is 2.22. The fraction of sp³-hybridized carbons (Fsp3) is 0.0769. The number of hydrogen-bond acceptors (Lipinski definition) is 2. The van der Waals surface area contributed by atoms with E-state index < -0.39 is 0 Å². The molecule has 0 radical (unpaired) electrons. The summed E-state index contributed by atoms with van der Waals surface area (Å²) in [5.74, 6) is 1.65. The van der Waals surface area contributed by atoms with Crippen LogP contribution in [0.15, 0.2) is 54.6 Å². The third kappa shape index (κ3) is 2.91. The smallest absolute Gasteiger partial charge is 0.127 e. The molecule has 2 rings (SSSR count). The molecule has 0 atom stereocenters. The van der Waals surface area contributed by atoms with E-state index in [2.05, 4.69) is 5.32 Å². The monoisotopic (exact) mass is 233 g/mol. The van der Waals surface area contributed by atoms with Crippen LogP contribution in [0.5, 0.6) is 11.5 Å². The predicted molar refractivity (Wildman–Crippen MR) is 67.3 cm³/mol. The van der Waals surface area contributed by atoms with E-state index in [1.807, 2.05) is 54.6 Å². The van der Waals surface area contributed by atoms with E-state index in [0.29, 0.717) is 6.00 Å². The maximum absolute atomic E-state index is 5.65. The average molecular weight is 234 g/mol. The average Bonchev–Trinajstić information content (AvgIpc) is 2.33. The number of para-hydroxylation sites is 1. The summed E-state index contributed by atoms with van der Waals surface area (Å²) in [4.78, 5) is 0. The molecule has 1 N–H and O–H groups in total. The van der Waals surface area contributed by atoms with Gasteiger partial charge in [0.2, 0.25) is 0 Å². The molecule has 0 unspecified atom stereocenters. The van der Waals surface area contributed by atoms with Gasteiger partial charge in [-0.1, -0.05) is 18.2 Å². The Hall–Kier alpha value is -1.67. The zero-order chi connectivity index (χ0) is 11.2. The number of nitrogens with one attached hydrogen (secondary N) is 1. The number of hydrogen-bond donors (Lipinski definition) is 1. The van der Waals surface area contributed by atoms with Crippen LogP contribution in [0.3, 0.4) is 0 Å². The fourth-order valence-electron chi connectivity index (χ4n) is 1.34. The molecule has 0 bridgehead atoms. The van der Waals surface area contributed by atoms with Crippen LogP contribution < -0.4 is 10.1 Å². The lowest BCUT2D eigenvalue weighted by Crippen LogP contribution is -1.93. The summed E-state index contributed by atoms with van der Waals surface area (Å²) in [6.45, 7) is 0. The van der Waals surface area contributed by atoms with Crippen molar-refractivity contribution >= 4 is 17.3 Å². The topological polar surface area (TPSA) is 21.3 Å². The van der Waals surface area contributed by atoms with E-state index in [1.54, 1.807) is 0 Å². The summed E-state index contributed by atoms with van der Waals surface area (Å²) in [6, 6.07) is 17.8. The molecule has 0 saturated carbocycles. The first-order valence-electron chi connectivity index (χ1n) is 5.01. The van der Waals surface area contributed by atoms with Gasteiger partial charge in [-0.3, -0.25) is 0 Å². The molecule has 0 aromatic heterocycles. The Morgan fingerprint density at radius 3 is 2.12 bits per heavy atom. The second-order valence-electron chi connectivity index (χ2n) is 3.25. The molecule has 0 spiro atoms. The minimum absolute atomic E-state index is 0.402. The van der Waals surface area contributed by atoms with Crippen molar-refractivity contribution in [1.82, 2.24) is 0 Å². The van der Waals surface area contributed by atoms with Crippen molar-refractivity contribution in [2.75, 3.05) is 11.3 Å². The van der Waals surface area contributed by atoms with Crippen molar-refractivity contribution in [3.05, 3.63) is 54.6 Å². The van der Waals surface area contributed by atoms with Crippen LogP contribution in [0.25, 0.3) is 0 Å². The van der Waals surface area contributed by atoms with Crippen LogP contribution >= 0.6 is 11.6 Å². The molecule has 0 aliphatic carbocycles. The molecule has 0 fully saturated rings. The zero-order valence-electron chi connectivity index (χ0n) is 8.69. The Kier molecular flexibility index (Phi) is 3.67. The van der Waals surface area contributed by atoms with E-state index in [1.165, 1.54) is 0 Å². The van der Waals surface area contributed by atoms with E-state index in [9.17, 15) is 0 Å². The van der Waals surface area contributed by atoms with Crippen LogP contribution in [0.2, 0.25) is 0 Å². The van der Waals surface area contributed by atoms with Crippen molar-refractivity contribution in [1.29, 1.82) is 0 Å². The van der Waals surface area contributed by atoms with Gasteiger partial charge in [0, 0.05) is 5.69 Å². The summed E-state index contributed by atoms with van der Waals surface area (Å²) >= 11 is 5.56. The van der Waals surface area contributed by atoms with Crippen LogP contribution in [0.4, 0.5) is 5.69 Å². The lowest BCUT2D eigenvalue weighted by Gasteiger charge is -2.06. The molecule has 0 saturated heterocycles. The molecule has 0 heterocycles. The van der Waals surface area contributed by atoms with E-state index in [-0.39, 0.29) is 0 Å². The summed E-state index contributed by atoms with van der Waals surface area (Å²) in [5.41, 5.74) is 0.982. The second kappa shape index (κ2) is 5.42. The van der Waals surface area contributed by atoms with Gasteiger partial charge < -0.3 is 10.1 Å². The predicted octanol–water partition coefficient (Wildman–Crippen LogP) is 4.09. The van der Waals surface area contributed by atoms with E-state index in [4.69, 9.17) is 16.3 Å². The van der Waals surface area contributed by atoms with Gasteiger partial charge in [0.25, 0.3) is 0 Å². The maximum Gasteiger partial charge on any atom is 0.127 e. The van der Waals surface area contributed by atoms with Gasteiger partial charge in [-0.2, -0.15) is 0 Å². The third-order valence-electron chi connectivity index (χ3n) is 2.10. The Morgan fingerprint density at radius 1 is 0.875 bits per heavy atom. The van der Waals surface area contributed by atoms with Gasteiger partial charge in [0.05, 0.1) is 6.00 Å². The minimum atomic E-state index is 0.402. The van der Waals surface area contributed by atoms with Gasteiger partial charge in [-0.05, 0) is 36.4 Å². The van der Waals surface area contributed by atoms with Gasteiger partial charge in [0.1, 0.15) is 11.5 Å². The highest BCUT2D eigenvalue weighted by molar-refractivity contribution is 6.18. The fourth-order valence-corrected chi connectivity index (χ4v) is 1.50.